The van der Waals surface area contributed by atoms with Crippen LogP contribution in [-0.2, 0) is 19.2 Å². The number of carbonyl (C=O) groups is 5. The van der Waals surface area contributed by atoms with Crippen LogP contribution in [0.3, 0.4) is 0 Å². The fraction of sp³-hybridized carbons (Fsp3) is 0.370. The number of primary amides is 1. The zero-order valence-corrected chi connectivity index (χ0v) is 20.0. The molecule has 38 heavy (non-hydrogen) atoms. The van der Waals surface area contributed by atoms with Gasteiger partial charge in [-0.25, -0.2) is 0 Å². The molecular weight excluding hydrogens is 498 g/mol. The second-order valence-corrected chi connectivity index (χ2v) is 10.3. The minimum atomic E-state index is -2.95. The van der Waals surface area contributed by atoms with Crippen LogP contribution in [0.25, 0.3) is 11.1 Å². The van der Waals surface area contributed by atoms with Gasteiger partial charge in [0.05, 0.1) is 17.6 Å². The van der Waals surface area contributed by atoms with E-state index in [9.17, 15) is 39.3 Å². The Labute approximate surface area is 215 Å². The number of fused-ring (bicyclic) bond motifs is 4. The van der Waals surface area contributed by atoms with E-state index in [0.717, 1.165) is 0 Å². The van der Waals surface area contributed by atoms with E-state index in [-0.39, 0.29) is 17.9 Å². The summed E-state index contributed by atoms with van der Waals surface area (Å²) < 4.78 is 10.7. The summed E-state index contributed by atoms with van der Waals surface area (Å²) in [5.41, 5.74) is 3.24. The van der Waals surface area contributed by atoms with Gasteiger partial charge in [-0.15, -0.1) is 0 Å². The van der Waals surface area contributed by atoms with Gasteiger partial charge in [0.25, 0.3) is 0 Å². The number of aliphatic hydroxyl groups excluding tert-OH is 1. The van der Waals surface area contributed by atoms with Gasteiger partial charge >= 0.3 is 0 Å². The van der Waals surface area contributed by atoms with Crippen molar-refractivity contribution in [2.75, 3.05) is 6.79 Å². The van der Waals surface area contributed by atoms with Crippen LogP contribution in [0.15, 0.2) is 30.3 Å². The van der Waals surface area contributed by atoms with Crippen molar-refractivity contribution in [2.24, 2.45) is 29.4 Å². The van der Waals surface area contributed by atoms with Gasteiger partial charge in [-0.05, 0) is 29.2 Å². The number of phenols is 1. The highest BCUT2D eigenvalue weighted by molar-refractivity contribution is 6.31. The highest BCUT2D eigenvalue weighted by atomic mass is 16.7. The number of hydrogen-bond donors (Lipinski definition) is 4. The lowest BCUT2D eigenvalue weighted by atomic mass is 9.50. The Hall–Kier alpha value is -4.09. The topological polar surface area (TPSA) is 191 Å². The molecule has 0 saturated heterocycles. The van der Waals surface area contributed by atoms with Crippen molar-refractivity contribution in [1.29, 1.82) is 0 Å². The van der Waals surface area contributed by atoms with Gasteiger partial charge in [-0.3, -0.25) is 24.0 Å². The normalized spacial score (nSPS) is 33.4. The van der Waals surface area contributed by atoms with Gasteiger partial charge in [0.1, 0.15) is 5.75 Å². The summed E-state index contributed by atoms with van der Waals surface area (Å²) in [6.07, 6.45) is -2.24. The first kappa shape index (κ1) is 24.3. The maximum Gasteiger partial charge on any atom is 0.235 e. The van der Waals surface area contributed by atoms with Gasteiger partial charge in [-0.1, -0.05) is 25.1 Å². The number of ketones is 4. The van der Waals surface area contributed by atoms with Gasteiger partial charge in [0, 0.05) is 23.8 Å². The second-order valence-electron chi connectivity index (χ2n) is 10.3. The van der Waals surface area contributed by atoms with Gasteiger partial charge < -0.3 is 30.5 Å². The quantitative estimate of drug-likeness (QED) is 0.399. The van der Waals surface area contributed by atoms with E-state index in [1.165, 1.54) is 0 Å². The molecule has 2 aromatic carbocycles. The van der Waals surface area contributed by atoms with E-state index in [1.807, 2.05) is 0 Å². The molecule has 4 aliphatic rings. The van der Waals surface area contributed by atoms with Crippen LogP contribution in [0.1, 0.15) is 35.2 Å². The van der Waals surface area contributed by atoms with Crippen LogP contribution in [-0.4, -0.2) is 62.9 Å². The van der Waals surface area contributed by atoms with Gasteiger partial charge in [-0.2, -0.15) is 0 Å². The maximum absolute atomic E-state index is 13.8. The van der Waals surface area contributed by atoms with Gasteiger partial charge in [0.2, 0.25) is 12.7 Å². The molecule has 5 N–H and O–H groups in total. The summed E-state index contributed by atoms with van der Waals surface area (Å²) in [4.78, 5) is 65.0. The molecule has 0 spiro atoms. The van der Waals surface area contributed by atoms with Crippen molar-refractivity contribution in [3.63, 3.8) is 0 Å². The Bertz CT molecular complexity index is 1480. The van der Waals surface area contributed by atoms with Crippen molar-refractivity contribution >= 4 is 29.0 Å². The lowest BCUT2D eigenvalue weighted by Crippen LogP contribution is -2.72. The van der Waals surface area contributed by atoms with Crippen molar-refractivity contribution in [1.82, 2.24) is 0 Å². The van der Waals surface area contributed by atoms with E-state index >= 15 is 0 Å². The number of phenolic OH excluding ortho intramolecular Hbond substituents is 1. The summed E-state index contributed by atoms with van der Waals surface area (Å²) in [6, 6.07) is 8.17. The Kier molecular flexibility index (Phi) is 5.08. The average molecular weight is 521 g/mol. The Morgan fingerprint density at radius 1 is 1.05 bits per heavy atom. The van der Waals surface area contributed by atoms with Crippen LogP contribution in [0.5, 0.6) is 17.2 Å². The molecule has 2 fully saturated rings. The largest absolute Gasteiger partial charge is 0.507 e. The third-order valence-corrected chi connectivity index (χ3v) is 8.54. The molecule has 0 bridgehead atoms. The monoisotopic (exact) mass is 521 g/mol. The maximum atomic E-state index is 13.8. The molecule has 196 valence electrons. The number of aromatic hydroxyl groups is 1. The molecule has 11 nitrogen and oxygen atoms in total. The molecule has 11 heteroatoms. The molecule has 1 aliphatic heterocycles. The Morgan fingerprint density at radius 2 is 1.76 bits per heavy atom. The number of carbonyl (C=O) groups excluding carboxylic acids is 5. The summed E-state index contributed by atoms with van der Waals surface area (Å²) in [5, 5.41) is 33.9. The van der Waals surface area contributed by atoms with Crippen LogP contribution < -0.4 is 15.2 Å². The fourth-order valence-electron chi connectivity index (χ4n) is 6.65. The van der Waals surface area contributed by atoms with E-state index in [0.29, 0.717) is 22.6 Å². The van der Waals surface area contributed by atoms with E-state index in [1.54, 1.807) is 37.3 Å². The zero-order valence-electron chi connectivity index (χ0n) is 20.0. The number of hydrogen-bond acceptors (Lipinski definition) is 10. The molecule has 6 rings (SSSR count). The Morgan fingerprint density at radius 3 is 2.47 bits per heavy atom. The van der Waals surface area contributed by atoms with Crippen LogP contribution in [0, 0.1) is 23.7 Å². The number of rotatable bonds is 2. The molecule has 3 aliphatic carbocycles. The highest BCUT2D eigenvalue weighted by Gasteiger charge is 2.69. The number of amides is 1. The molecule has 2 aromatic rings. The zero-order chi connectivity index (χ0) is 27.3. The molecule has 7 atom stereocenters. The van der Waals surface area contributed by atoms with Crippen molar-refractivity contribution in [3.8, 4) is 28.4 Å². The van der Waals surface area contributed by atoms with E-state index < -0.39 is 82.5 Å². The predicted molar refractivity (Wildman–Crippen MR) is 126 cm³/mol. The first-order chi connectivity index (χ1) is 18.0. The minimum absolute atomic E-state index is 0.0449. The number of aliphatic hydroxyl groups is 2. The highest BCUT2D eigenvalue weighted by Crippen LogP contribution is 2.55. The molecule has 2 saturated carbocycles. The average Bonchev–Trinajstić information content (AvgIpc) is 3.34. The number of ether oxygens (including phenoxy) is 2. The summed E-state index contributed by atoms with van der Waals surface area (Å²) in [7, 11) is 0. The van der Waals surface area contributed by atoms with Crippen molar-refractivity contribution in [2.45, 2.75) is 31.0 Å². The summed E-state index contributed by atoms with van der Waals surface area (Å²) in [6.45, 7) is 1.70. The second kappa shape index (κ2) is 7.95. The van der Waals surface area contributed by atoms with Gasteiger partial charge in [0.15, 0.2) is 46.2 Å². The van der Waals surface area contributed by atoms with E-state index in [4.69, 9.17) is 15.2 Å². The van der Waals surface area contributed by atoms with Crippen LogP contribution >= 0.6 is 0 Å². The molecule has 0 radical (unpaired) electrons. The standard InChI is InChI=1S/C27H23NO10/c1-9-11-3-4-12(10-2-5-15-16(6-10)38-8-37-15)21(30)18(11)23(32)20-17(9)22(31)13-7-14(29)19(26(28)35)24(33)27(13,36)25(20)34/h2-6,9,13,17,19-20,22,30-31,36H,7-8H2,1H3,(H2,28,35)/t9-,13+,17+,19?,20?,22+,27+/m0/s1. The molecular formula is C27H23NO10. The van der Waals surface area contributed by atoms with E-state index in [2.05, 4.69) is 0 Å². The van der Waals surface area contributed by atoms with Crippen molar-refractivity contribution < 1.29 is 48.8 Å². The minimum Gasteiger partial charge on any atom is -0.507 e. The molecule has 0 aromatic heterocycles. The van der Waals surface area contributed by atoms with Crippen LogP contribution in [0.4, 0.5) is 0 Å². The predicted octanol–water partition coefficient (Wildman–Crippen LogP) is 0.254. The molecule has 1 amide bonds. The lowest BCUT2D eigenvalue weighted by Gasteiger charge is -2.52. The summed E-state index contributed by atoms with van der Waals surface area (Å²) in [5.74, 6) is -12.2. The number of nitrogens with two attached hydrogens (primary N) is 1. The molecule has 2 unspecified atom stereocenters. The smallest absolute Gasteiger partial charge is 0.235 e. The SMILES string of the molecule is C[C@H]1c2ccc(-c3ccc4c(c3)OCO4)c(O)c2C(=O)C2C(=O)[C@]3(O)C(=O)C(C(N)=O)C(=O)C[C@@H]3[C@@H](O)[C@@H]21. The number of benzene rings is 2. The summed E-state index contributed by atoms with van der Waals surface area (Å²) >= 11 is 0. The fourth-order valence-corrected chi connectivity index (χ4v) is 6.65. The lowest BCUT2D eigenvalue weighted by molar-refractivity contribution is -0.189. The van der Waals surface area contributed by atoms with Crippen molar-refractivity contribution in [3.05, 3.63) is 41.5 Å². The van der Waals surface area contributed by atoms with Crippen LogP contribution in [0.2, 0.25) is 0 Å². The third kappa shape index (κ3) is 2.94. The first-order valence-electron chi connectivity index (χ1n) is 12.1. The number of Topliss-reactive ketones (excluding diaryl/α,β-unsaturated/α-hetero) is 4. The first-order valence-corrected chi connectivity index (χ1v) is 12.1. The Balaban J connectivity index is 1.47. The molecule has 1 heterocycles. The third-order valence-electron chi connectivity index (χ3n) is 8.54.